The summed E-state index contributed by atoms with van der Waals surface area (Å²) in [5, 5.41) is 5.33. The molecular weight excluding hydrogens is 330 g/mol. The second-order valence-corrected chi connectivity index (χ2v) is 6.91. The van der Waals surface area contributed by atoms with E-state index in [2.05, 4.69) is 56.6 Å². The average molecular weight is 361 g/mol. The highest BCUT2D eigenvalue weighted by atomic mass is 16.2. The minimum atomic E-state index is -0.576. The number of nitrogens with one attached hydrogen (secondary N) is 2. The number of hydrogen-bond donors (Lipinski definition) is 2. The minimum Gasteiger partial charge on any atom is -0.378 e. The Kier molecular flexibility index (Phi) is 7.41. The number of benzene rings is 1. The molecule has 1 saturated heterocycles. The zero-order valence-corrected chi connectivity index (χ0v) is 16.3. The van der Waals surface area contributed by atoms with Gasteiger partial charge in [0.1, 0.15) is 0 Å². The van der Waals surface area contributed by atoms with Crippen LogP contribution < -0.4 is 15.5 Å². The van der Waals surface area contributed by atoms with Crippen LogP contribution in [0.25, 0.3) is 0 Å². The van der Waals surface area contributed by atoms with E-state index in [1.54, 1.807) is 6.92 Å². The fourth-order valence-corrected chi connectivity index (χ4v) is 3.10. The molecule has 1 aliphatic heterocycles. The fraction of sp³-hybridized carbons (Fsp3) is 0.579. The van der Waals surface area contributed by atoms with Crippen molar-refractivity contribution in [1.82, 2.24) is 20.4 Å². The van der Waals surface area contributed by atoms with Gasteiger partial charge in [-0.25, -0.2) is 0 Å². The third-order valence-electron chi connectivity index (χ3n) is 4.77. The molecule has 1 aromatic rings. The van der Waals surface area contributed by atoms with Crippen molar-refractivity contribution >= 4 is 17.5 Å². The molecular formula is C19H31N5O2. The summed E-state index contributed by atoms with van der Waals surface area (Å²) in [5.74, 6) is -1.15. The van der Waals surface area contributed by atoms with Crippen molar-refractivity contribution in [1.29, 1.82) is 0 Å². The van der Waals surface area contributed by atoms with Crippen molar-refractivity contribution in [3.05, 3.63) is 29.8 Å². The number of rotatable bonds is 6. The molecule has 0 spiro atoms. The maximum atomic E-state index is 12.0. The van der Waals surface area contributed by atoms with Crippen LogP contribution >= 0.6 is 0 Å². The molecule has 0 saturated carbocycles. The van der Waals surface area contributed by atoms with E-state index in [9.17, 15) is 9.59 Å². The Bertz CT molecular complexity index is 594. The predicted molar refractivity (Wildman–Crippen MR) is 104 cm³/mol. The Morgan fingerprint density at radius 2 is 1.62 bits per heavy atom. The van der Waals surface area contributed by atoms with Crippen LogP contribution in [0.4, 0.5) is 5.69 Å². The van der Waals surface area contributed by atoms with Crippen molar-refractivity contribution in [3.8, 4) is 0 Å². The number of nitrogens with zero attached hydrogens (tertiary/aromatic N) is 3. The zero-order chi connectivity index (χ0) is 19.1. The van der Waals surface area contributed by atoms with Crippen molar-refractivity contribution in [3.63, 3.8) is 0 Å². The topological polar surface area (TPSA) is 67.9 Å². The molecule has 0 unspecified atom stereocenters. The van der Waals surface area contributed by atoms with Crippen molar-refractivity contribution < 1.29 is 9.59 Å². The van der Waals surface area contributed by atoms with Gasteiger partial charge in [0.15, 0.2) is 0 Å². The number of carbonyl (C=O) groups excluding carboxylic acids is 2. The summed E-state index contributed by atoms with van der Waals surface area (Å²) in [6.45, 7) is 6.53. The third kappa shape index (κ3) is 5.44. The Morgan fingerprint density at radius 1 is 1.04 bits per heavy atom. The predicted octanol–water partition coefficient (Wildman–Crippen LogP) is 0.293. The lowest BCUT2D eigenvalue weighted by Gasteiger charge is -2.38. The summed E-state index contributed by atoms with van der Waals surface area (Å²) >= 11 is 0. The Labute approximate surface area is 156 Å². The van der Waals surface area contributed by atoms with E-state index in [1.807, 2.05) is 14.1 Å². The molecule has 2 rings (SSSR count). The van der Waals surface area contributed by atoms with Crippen LogP contribution in [0.3, 0.4) is 0 Å². The molecule has 0 bridgehead atoms. The van der Waals surface area contributed by atoms with Crippen LogP contribution in [0.15, 0.2) is 24.3 Å². The van der Waals surface area contributed by atoms with Crippen LogP contribution in [0, 0.1) is 0 Å². The summed E-state index contributed by atoms with van der Waals surface area (Å²) in [6.07, 6.45) is 0. The van der Waals surface area contributed by atoms with Gasteiger partial charge in [0.05, 0.1) is 6.04 Å². The van der Waals surface area contributed by atoms with E-state index in [4.69, 9.17) is 0 Å². The van der Waals surface area contributed by atoms with Gasteiger partial charge in [-0.3, -0.25) is 14.5 Å². The van der Waals surface area contributed by atoms with Gasteiger partial charge in [0.25, 0.3) is 0 Å². The summed E-state index contributed by atoms with van der Waals surface area (Å²) in [7, 11) is 6.15. The number of hydrogen-bond acceptors (Lipinski definition) is 5. The first-order valence-electron chi connectivity index (χ1n) is 9.18. The molecule has 1 aromatic carbocycles. The molecule has 2 N–H and O–H groups in total. The average Bonchev–Trinajstić information content (AvgIpc) is 2.63. The van der Waals surface area contributed by atoms with Gasteiger partial charge in [-0.15, -0.1) is 0 Å². The molecule has 1 fully saturated rings. The highest BCUT2D eigenvalue weighted by molar-refractivity contribution is 6.35. The lowest BCUT2D eigenvalue weighted by Crippen LogP contribution is -2.49. The lowest BCUT2D eigenvalue weighted by atomic mass is 10.0. The normalized spacial score (nSPS) is 16.8. The molecule has 1 atom stereocenters. The molecule has 7 nitrogen and oxygen atoms in total. The molecule has 1 aliphatic rings. The molecule has 0 radical (unpaired) electrons. The van der Waals surface area contributed by atoms with Crippen LogP contribution in [0.2, 0.25) is 0 Å². The van der Waals surface area contributed by atoms with Crippen molar-refractivity contribution in [2.24, 2.45) is 0 Å². The van der Waals surface area contributed by atoms with Crippen molar-refractivity contribution in [2.75, 3.05) is 65.3 Å². The smallest absolute Gasteiger partial charge is 0.309 e. The van der Waals surface area contributed by atoms with E-state index in [1.165, 1.54) is 0 Å². The van der Waals surface area contributed by atoms with Gasteiger partial charge >= 0.3 is 11.8 Å². The molecule has 7 heteroatoms. The summed E-state index contributed by atoms with van der Waals surface area (Å²) < 4.78 is 0. The highest BCUT2D eigenvalue weighted by Gasteiger charge is 2.25. The number of anilines is 1. The molecule has 26 heavy (non-hydrogen) atoms. The first-order valence-corrected chi connectivity index (χ1v) is 9.18. The van der Waals surface area contributed by atoms with Gasteiger partial charge < -0.3 is 20.4 Å². The number of amides is 2. The van der Waals surface area contributed by atoms with Crippen LogP contribution in [0.1, 0.15) is 18.5 Å². The lowest BCUT2D eigenvalue weighted by molar-refractivity contribution is -0.139. The summed E-state index contributed by atoms with van der Waals surface area (Å²) in [5.41, 5.74) is 2.29. The van der Waals surface area contributed by atoms with E-state index in [0.717, 1.165) is 37.4 Å². The number of likely N-dealkylation sites (N-methyl/N-ethyl adjacent to an activating group) is 2. The van der Waals surface area contributed by atoms with E-state index >= 15 is 0 Å². The van der Waals surface area contributed by atoms with Gasteiger partial charge in [0.2, 0.25) is 0 Å². The second kappa shape index (κ2) is 9.54. The monoisotopic (exact) mass is 361 g/mol. The van der Waals surface area contributed by atoms with E-state index in [-0.39, 0.29) is 6.04 Å². The maximum absolute atomic E-state index is 12.0. The molecule has 0 aromatic heterocycles. The quantitative estimate of drug-likeness (QED) is 0.713. The van der Waals surface area contributed by atoms with Gasteiger partial charge in [0, 0.05) is 59.1 Å². The summed E-state index contributed by atoms with van der Waals surface area (Å²) in [4.78, 5) is 30.4. The Balaban J connectivity index is 2.11. The van der Waals surface area contributed by atoms with Gasteiger partial charge in [-0.05, 0) is 31.7 Å². The molecule has 144 valence electrons. The third-order valence-corrected chi connectivity index (χ3v) is 4.77. The highest BCUT2D eigenvalue weighted by Crippen LogP contribution is 2.24. The van der Waals surface area contributed by atoms with Crippen molar-refractivity contribution in [2.45, 2.75) is 13.0 Å². The second-order valence-electron chi connectivity index (χ2n) is 6.91. The van der Waals surface area contributed by atoms with Gasteiger partial charge in [-0.2, -0.15) is 0 Å². The SMILES string of the molecule is CCNC(=O)C(=O)NC[C@H](c1ccc(N(C)C)cc1)N1CCN(C)CC1. The first-order chi connectivity index (χ1) is 12.4. The van der Waals surface area contributed by atoms with E-state index < -0.39 is 11.8 Å². The molecule has 2 amide bonds. The summed E-state index contributed by atoms with van der Waals surface area (Å²) in [6, 6.07) is 8.44. The Morgan fingerprint density at radius 3 is 2.15 bits per heavy atom. The minimum absolute atomic E-state index is 0.0540. The van der Waals surface area contributed by atoms with Crippen LogP contribution in [0.5, 0.6) is 0 Å². The van der Waals surface area contributed by atoms with Gasteiger partial charge in [-0.1, -0.05) is 12.1 Å². The number of carbonyl (C=O) groups is 2. The van der Waals surface area contributed by atoms with E-state index in [0.29, 0.717) is 13.1 Å². The maximum Gasteiger partial charge on any atom is 0.309 e. The number of piperazine rings is 1. The molecule has 0 aliphatic carbocycles. The van der Waals surface area contributed by atoms with Crippen LogP contribution in [-0.2, 0) is 9.59 Å². The molecule has 1 heterocycles. The standard InChI is InChI=1S/C19H31N5O2/c1-5-20-18(25)19(26)21-14-17(24-12-10-23(4)11-13-24)15-6-8-16(9-7-15)22(2)3/h6-9,17H,5,10-14H2,1-4H3,(H,20,25)(H,21,26)/t17-/m1/s1. The largest absolute Gasteiger partial charge is 0.378 e. The van der Waals surface area contributed by atoms with Crippen LogP contribution in [-0.4, -0.2) is 82.0 Å². The Hall–Kier alpha value is -2.12. The first kappa shape index (κ1) is 20.2. The fourth-order valence-electron chi connectivity index (χ4n) is 3.10. The zero-order valence-electron chi connectivity index (χ0n) is 16.3.